The molecule has 1 saturated heterocycles. The van der Waals surface area contributed by atoms with Crippen LogP contribution in [-0.2, 0) is 0 Å². The molecule has 1 aromatic carbocycles. The molecular formula is C14H17N3. The predicted molar refractivity (Wildman–Crippen MR) is 71.3 cm³/mol. The number of aromatic nitrogens is 1. The Hall–Kier alpha value is -1.61. The Morgan fingerprint density at radius 1 is 1.29 bits per heavy atom. The second-order valence-corrected chi connectivity index (χ2v) is 4.80. The summed E-state index contributed by atoms with van der Waals surface area (Å²) in [5, 5.41) is 1.20. The fraction of sp³-hybridized carbons (Fsp3) is 0.357. The van der Waals surface area contributed by atoms with Gasteiger partial charge in [0, 0.05) is 30.2 Å². The van der Waals surface area contributed by atoms with Crippen LogP contribution in [0.3, 0.4) is 0 Å². The van der Waals surface area contributed by atoms with Crippen molar-refractivity contribution < 1.29 is 0 Å². The Kier molecular flexibility index (Phi) is 2.48. The van der Waals surface area contributed by atoms with E-state index >= 15 is 0 Å². The zero-order valence-corrected chi connectivity index (χ0v) is 10.1. The third-order valence-corrected chi connectivity index (χ3v) is 3.40. The molecule has 0 bridgehead atoms. The lowest BCUT2D eigenvalue weighted by molar-refractivity contribution is 0.752. The van der Waals surface area contributed by atoms with Gasteiger partial charge in [0.25, 0.3) is 0 Å². The van der Waals surface area contributed by atoms with Gasteiger partial charge in [-0.25, -0.2) is 0 Å². The summed E-state index contributed by atoms with van der Waals surface area (Å²) in [4.78, 5) is 7.01. The molecule has 1 unspecified atom stereocenters. The van der Waals surface area contributed by atoms with Gasteiger partial charge in [0.05, 0.1) is 11.2 Å². The van der Waals surface area contributed by atoms with E-state index in [1.165, 1.54) is 11.1 Å². The van der Waals surface area contributed by atoms with E-state index in [-0.39, 0.29) is 0 Å². The van der Waals surface area contributed by atoms with Gasteiger partial charge in [-0.3, -0.25) is 4.98 Å². The number of nitrogens with two attached hydrogens (primary N) is 1. The van der Waals surface area contributed by atoms with Crippen molar-refractivity contribution in [3.05, 3.63) is 36.0 Å². The number of aryl methyl sites for hydroxylation is 1. The number of nitrogens with zero attached hydrogens (tertiary/aromatic N) is 2. The Labute approximate surface area is 101 Å². The van der Waals surface area contributed by atoms with Gasteiger partial charge in [-0.2, -0.15) is 0 Å². The molecule has 88 valence electrons. The number of para-hydroxylation sites is 1. The van der Waals surface area contributed by atoms with Gasteiger partial charge in [0.1, 0.15) is 0 Å². The summed E-state index contributed by atoms with van der Waals surface area (Å²) < 4.78 is 0. The van der Waals surface area contributed by atoms with Gasteiger partial charge in [-0.05, 0) is 25.5 Å². The Bertz CT molecular complexity index is 550. The van der Waals surface area contributed by atoms with E-state index in [1.807, 2.05) is 6.92 Å². The fourth-order valence-electron chi connectivity index (χ4n) is 2.49. The molecule has 1 aromatic heterocycles. The molecule has 1 aliphatic heterocycles. The van der Waals surface area contributed by atoms with E-state index in [0.717, 1.165) is 30.7 Å². The lowest BCUT2D eigenvalue weighted by Gasteiger charge is -2.19. The van der Waals surface area contributed by atoms with E-state index in [0.29, 0.717) is 6.04 Å². The summed E-state index contributed by atoms with van der Waals surface area (Å²) in [6.45, 7) is 4.01. The van der Waals surface area contributed by atoms with Crippen LogP contribution in [0.15, 0.2) is 30.3 Å². The van der Waals surface area contributed by atoms with Crippen molar-refractivity contribution in [2.24, 2.45) is 5.73 Å². The number of hydrogen-bond acceptors (Lipinski definition) is 3. The molecule has 3 nitrogen and oxygen atoms in total. The highest BCUT2D eigenvalue weighted by Crippen LogP contribution is 2.27. The smallest absolute Gasteiger partial charge is 0.0938 e. The van der Waals surface area contributed by atoms with Gasteiger partial charge in [0.15, 0.2) is 0 Å². The predicted octanol–water partition coefficient (Wildman–Crippen LogP) is 2.08. The zero-order chi connectivity index (χ0) is 11.8. The highest BCUT2D eigenvalue weighted by molar-refractivity contribution is 5.91. The van der Waals surface area contributed by atoms with Gasteiger partial charge >= 0.3 is 0 Å². The molecule has 1 atom stereocenters. The maximum atomic E-state index is 5.97. The first-order valence-corrected chi connectivity index (χ1v) is 6.11. The first-order valence-electron chi connectivity index (χ1n) is 6.11. The number of benzene rings is 1. The lowest BCUT2D eigenvalue weighted by atomic mass is 10.1. The number of rotatable bonds is 1. The maximum absolute atomic E-state index is 5.97. The minimum Gasteiger partial charge on any atom is -0.368 e. The van der Waals surface area contributed by atoms with Crippen LogP contribution in [0.2, 0.25) is 0 Å². The fourth-order valence-corrected chi connectivity index (χ4v) is 2.49. The first kappa shape index (κ1) is 10.5. The highest BCUT2D eigenvalue weighted by Gasteiger charge is 2.21. The minimum atomic E-state index is 0.301. The van der Waals surface area contributed by atoms with Gasteiger partial charge in [-0.1, -0.05) is 18.2 Å². The lowest BCUT2D eigenvalue weighted by Crippen LogP contribution is -2.26. The zero-order valence-electron chi connectivity index (χ0n) is 10.1. The maximum Gasteiger partial charge on any atom is 0.0938 e. The Morgan fingerprint density at radius 3 is 2.94 bits per heavy atom. The molecule has 3 rings (SSSR count). The molecule has 0 amide bonds. The molecule has 1 aliphatic rings. The summed E-state index contributed by atoms with van der Waals surface area (Å²) in [7, 11) is 0. The van der Waals surface area contributed by atoms with Gasteiger partial charge < -0.3 is 10.6 Å². The molecular weight excluding hydrogens is 210 g/mol. The van der Waals surface area contributed by atoms with Crippen molar-refractivity contribution in [1.29, 1.82) is 0 Å². The molecule has 2 aromatic rings. The molecule has 0 saturated carbocycles. The average molecular weight is 227 g/mol. The molecule has 1 fully saturated rings. The van der Waals surface area contributed by atoms with Crippen molar-refractivity contribution in [2.45, 2.75) is 19.4 Å². The van der Waals surface area contributed by atoms with Crippen LogP contribution in [0, 0.1) is 6.92 Å². The van der Waals surface area contributed by atoms with Crippen molar-refractivity contribution >= 4 is 16.6 Å². The van der Waals surface area contributed by atoms with Crippen LogP contribution in [0.4, 0.5) is 5.69 Å². The number of anilines is 1. The van der Waals surface area contributed by atoms with Crippen LogP contribution >= 0.6 is 0 Å². The summed E-state index contributed by atoms with van der Waals surface area (Å²) in [5.41, 5.74) is 9.36. The monoisotopic (exact) mass is 227 g/mol. The summed E-state index contributed by atoms with van der Waals surface area (Å²) in [6, 6.07) is 10.8. The third-order valence-electron chi connectivity index (χ3n) is 3.40. The van der Waals surface area contributed by atoms with E-state index < -0.39 is 0 Å². The standard InChI is InChI=1S/C14H17N3/c1-10-5-6-11-3-2-4-13(14(11)16-10)17-8-7-12(15)9-17/h2-6,12H,7-9,15H2,1H3. The van der Waals surface area contributed by atoms with Crippen LogP contribution in [0.25, 0.3) is 10.9 Å². The molecule has 2 N–H and O–H groups in total. The highest BCUT2D eigenvalue weighted by atomic mass is 15.2. The SMILES string of the molecule is Cc1ccc2cccc(N3CCC(N)C3)c2n1. The quantitative estimate of drug-likeness (QED) is 0.811. The van der Waals surface area contributed by atoms with Crippen molar-refractivity contribution in [3.63, 3.8) is 0 Å². The molecule has 3 heteroatoms. The van der Waals surface area contributed by atoms with Crippen LogP contribution in [0.5, 0.6) is 0 Å². The van der Waals surface area contributed by atoms with E-state index in [1.54, 1.807) is 0 Å². The van der Waals surface area contributed by atoms with E-state index in [4.69, 9.17) is 5.73 Å². The van der Waals surface area contributed by atoms with Gasteiger partial charge in [0.2, 0.25) is 0 Å². The van der Waals surface area contributed by atoms with Crippen molar-refractivity contribution in [2.75, 3.05) is 18.0 Å². The molecule has 0 radical (unpaired) electrons. The van der Waals surface area contributed by atoms with Crippen LogP contribution < -0.4 is 10.6 Å². The Morgan fingerprint density at radius 2 is 2.18 bits per heavy atom. The van der Waals surface area contributed by atoms with Crippen molar-refractivity contribution in [1.82, 2.24) is 4.98 Å². The second-order valence-electron chi connectivity index (χ2n) is 4.80. The number of pyridine rings is 1. The normalized spacial score (nSPS) is 20.1. The Balaban J connectivity index is 2.12. The summed E-state index contributed by atoms with van der Waals surface area (Å²) in [5.74, 6) is 0. The van der Waals surface area contributed by atoms with Crippen LogP contribution in [-0.4, -0.2) is 24.1 Å². The van der Waals surface area contributed by atoms with E-state index in [2.05, 4.69) is 40.2 Å². The second kappa shape index (κ2) is 4.00. The molecule has 0 aliphatic carbocycles. The summed E-state index contributed by atoms with van der Waals surface area (Å²) in [6.07, 6.45) is 1.07. The minimum absolute atomic E-state index is 0.301. The third kappa shape index (κ3) is 1.87. The van der Waals surface area contributed by atoms with Gasteiger partial charge in [-0.15, -0.1) is 0 Å². The molecule has 17 heavy (non-hydrogen) atoms. The van der Waals surface area contributed by atoms with E-state index in [9.17, 15) is 0 Å². The first-order chi connectivity index (χ1) is 8.24. The largest absolute Gasteiger partial charge is 0.368 e. The molecule has 2 heterocycles. The van der Waals surface area contributed by atoms with Crippen molar-refractivity contribution in [3.8, 4) is 0 Å². The van der Waals surface area contributed by atoms with Crippen LogP contribution in [0.1, 0.15) is 12.1 Å². The average Bonchev–Trinajstić information content (AvgIpc) is 2.75. The summed E-state index contributed by atoms with van der Waals surface area (Å²) >= 11 is 0. The number of fused-ring (bicyclic) bond motifs is 1. The molecule has 0 spiro atoms. The topological polar surface area (TPSA) is 42.1 Å². The number of hydrogen-bond donors (Lipinski definition) is 1.